The molecule has 4 unspecified atom stereocenters. The van der Waals surface area contributed by atoms with E-state index in [1.54, 1.807) is 0 Å². The van der Waals surface area contributed by atoms with Crippen molar-refractivity contribution >= 4 is 27.7 Å². The summed E-state index contributed by atoms with van der Waals surface area (Å²) in [7, 11) is -1.31. The number of fused-ring (bicyclic) bond motifs is 1. The van der Waals surface area contributed by atoms with Crippen LogP contribution in [0, 0.1) is 22.7 Å². The Hall–Kier alpha value is -2.94. The fourth-order valence-electron chi connectivity index (χ4n) is 5.96. The van der Waals surface area contributed by atoms with Gasteiger partial charge < -0.3 is 10.1 Å². The Morgan fingerprint density at radius 1 is 1.05 bits per heavy atom. The number of anilines is 1. The number of carbonyl (C=O) groups excluding carboxylic acids is 2. The molecule has 4 atom stereocenters. The number of sulfonamides is 1. The Bertz CT molecular complexity index is 1170. The molecule has 3 aliphatic heterocycles. The molecular formula is C23H31F3N5O6S+. The van der Waals surface area contributed by atoms with Gasteiger partial charge in [0.1, 0.15) is 16.8 Å². The topological polar surface area (TPSA) is 128 Å². The van der Waals surface area contributed by atoms with Crippen molar-refractivity contribution in [3.8, 4) is 0 Å². The lowest BCUT2D eigenvalue weighted by molar-refractivity contribution is -0.735. The van der Waals surface area contributed by atoms with Crippen molar-refractivity contribution < 1.29 is 40.8 Å². The van der Waals surface area contributed by atoms with Crippen LogP contribution in [0.1, 0.15) is 25.7 Å². The van der Waals surface area contributed by atoms with Crippen molar-refractivity contribution in [1.82, 2.24) is 14.6 Å². The van der Waals surface area contributed by atoms with Crippen LogP contribution in [0.4, 0.5) is 23.7 Å². The summed E-state index contributed by atoms with van der Waals surface area (Å²) in [6.07, 6.45) is -3.73. The molecule has 3 saturated heterocycles. The Balaban J connectivity index is 1.41. The SMILES string of the molecule is CNC(=O)C1C2CC(C3CCN(S(=O)(=O)c4ccc(NC(=O)OC)cc4)CC3)CCN2[N+](=O)C1C(F)(F)F. The fraction of sp³-hybridized carbons (Fsp3) is 0.652. The Morgan fingerprint density at radius 3 is 2.21 bits per heavy atom. The van der Waals surface area contributed by atoms with Crippen LogP contribution in [0.15, 0.2) is 29.2 Å². The lowest BCUT2D eigenvalue weighted by atomic mass is 9.74. The third kappa shape index (κ3) is 5.30. The minimum absolute atomic E-state index is 0.0303. The zero-order valence-corrected chi connectivity index (χ0v) is 21.8. The number of hydrogen-bond acceptors (Lipinski definition) is 6. The van der Waals surface area contributed by atoms with Crippen molar-refractivity contribution in [3.05, 3.63) is 29.2 Å². The third-order valence-corrected chi connectivity index (χ3v) is 9.79. The predicted octanol–water partition coefficient (Wildman–Crippen LogP) is 2.35. The highest BCUT2D eigenvalue weighted by Crippen LogP contribution is 2.45. The molecule has 3 aliphatic rings. The summed E-state index contributed by atoms with van der Waals surface area (Å²) in [5.41, 5.74) is 0.382. The second-order valence-corrected chi connectivity index (χ2v) is 11.8. The molecule has 210 valence electrons. The van der Waals surface area contributed by atoms with Crippen molar-refractivity contribution in [2.24, 2.45) is 17.8 Å². The predicted molar refractivity (Wildman–Crippen MR) is 128 cm³/mol. The number of carbonyl (C=O) groups is 2. The number of alkyl halides is 3. The Kier molecular flexibility index (Phi) is 7.89. The molecule has 15 heteroatoms. The molecule has 1 aromatic carbocycles. The summed E-state index contributed by atoms with van der Waals surface area (Å²) in [5, 5.41) is 5.86. The highest BCUT2D eigenvalue weighted by atomic mass is 32.2. The smallest absolute Gasteiger partial charge is 0.453 e. The molecule has 2 amide bonds. The molecule has 2 N–H and O–H groups in total. The van der Waals surface area contributed by atoms with Crippen LogP contribution in [0.25, 0.3) is 0 Å². The summed E-state index contributed by atoms with van der Waals surface area (Å²) in [6.45, 7) is 0.610. The number of nitroso groups, excluding NO2 is 1. The summed E-state index contributed by atoms with van der Waals surface area (Å²) in [5.74, 6) is -2.31. The van der Waals surface area contributed by atoms with Crippen LogP contribution >= 0.6 is 0 Å². The van der Waals surface area contributed by atoms with E-state index in [1.807, 2.05) is 0 Å². The summed E-state index contributed by atoms with van der Waals surface area (Å²) in [6, 6.07) is 2.43. The van der Waals surface area contributed by atoms with Gasteiger partial charge in [-0.15, -0.1) is 5.01 Å². The number of rotatable bonds is 5. The van der Waals surface area contributed by atoms with Gasteiger partial charge in [0.15, 0.2) is 0 Å². The Labute approximate surface area is 218 Å². The monoisotopic (exact) mass is 562 g/mol. The van der Waals surface area contributed by atoms with E-state index in [-0.39, 0.29) is 47.7 Å². The summed E-state index contributed by atoms with van der Waals surface area (Å²) in [4.78, 5) is 36.3. The fourth-order valence-corrected chi connectivity index (χ4v) is 7.43. The van der Waals surface area contributed by atoms with Gasteiger partial charge in [-0.2, -0.15) is 17.5 Å². The first-order valence-electron chi connectivity index (χ1n) is 12.3. The molecule has 0 saturated carbocycles. The number of nitrogens with zero attached hydrogens (tertiary/aromatic N) is 3. The number of nitrogens with one attached hydrogen (secondary N) is 2. The van der Waals surface area contributed by atoms with E-state index < -0.39 is 46.2 Å². The largest absolute Gasteiger partial charge is 0.460 e. The van der Waals surface area contributed by atoms with Crippen molar-refractivity contribution in [2.45, 2.75) is 48.8 Å². The first kappa shape index (κ1) is 28.1. The van der Waals surface area contributed by atoms with Gasteiger partial charge in [0.05, 0.1) is 23.5 Å². The van der Waals surface area contributed by atoms with Crippen LogP contribution in [-0.2, 0) is 19.6 Å². The second-order valence-electron chi connectivity index (χ2n) is 9.83. The highest BCUT2D eigenvalue weighted by Gasteiger charge is 2.70. The van der Waals surface area contributed by atoms with Crippen LogP contribution in [0.3, 0.4) is 0 Å². The van der Waals surface area contributed by atoms with Gasteiger partial charge in [0.2, 0.25) is 15.9 Å². The number of benzene rings is 1. The molecule has 3 fully saturated rings. The quantitative estimate of drug-likeness (QED) is 0.528. The maximum Gasteiger partial charge on any atom is 0.460 e. The standard InChI is InChI=1S/C23H30F3N5O6S/c1-27-21(32)19-18-13-15(9-12-30(18)31(34)20(19)23(24,25)26)14-7-10-29(11-8-14)38(35,36)17-5-3-16(4-6-17)28-22(33)37-2/h3-6,14-15,18-20H,7-13H2,1-2H3,(H-,27,28,32,33)/p+1. The molecule has 38 heavy (non-hydrogen) atoms. The summed E-state index contributed by atoms with van der Waals surface area (Å²) >= 11 is 0. The zero-order chi connectivity index (χ0) is 27.8. The van der Waals surface area contributed by atoms with Crippen molar-refractivity contribution in [2.75, 3.05) is 39.1 Å². The first-order valence-corrected chi connectivity index (χ1v) is 13.8. The molecule has 11 nitrogen and oxygen atoms in total. The number of halogens is 3. The van der Waals surface area contributed by atoms with Gasteiger partial charge in [0.25, 0.3) is 0 Å². The van der Waals surface area contributed by atoms with E-state index in [2.05, 4.69) is 15.4 Å². The van der Waals surface area contributed by atoms with Gasteiger partial charge in [-0.3, -0.25) is 10.1 Å². The van der Waals surface area contributed by atoms with Crippen LogP contribution in [-0.4, -0.2) is 86.7 Å². The van der Waals surface area contributed by atoms with E-state index in [1.165, 1.54) is 42.7 Å². The maximum absolute atomic E-state index is 13.7. The first-order chi connectivity index (χ1) is 17.9. The van der Waals surface area contributed by atoms with E-state index >= 15 is 0 Å². The molecule has 0 radical (unpaired) electrons. The van der Waals surface area contributed by atoms with Gasteiger partial charge >= 0.3 is 18.3 Å². The molecule has 0 bridgehead atoms. The van der Waals surface area contributed by atoms with Crippen LogP contribution in [0.5, 0.6) is 0 Å². The van der Waals surface area contributed by atoms with Gasteiger partial charge in [-0.05, 0) is 61.8 Å². The zero-order valence-electron chi connectivity index (χ0n) is 21.0. The third-order valence-electron chi connectivity index (χ3n) is 7.88. The van der Waals surface area contributed by atoms with E-state index in [4.69, 9.17) is 0 Å². The molecule has 1 aromatic rings. The number of amides is 2. The van der Waals surface area contributed by atoms with Crippen molar-refractivity contribution in [1.29, 1.82) is 0 Å². The average molecular weight is 563 g/mol. The summed E-state index contributed by atoms with van der Waals surface area (Å²) < 4.78 is 73.3. The Morgan fingerprint density at radius 2 is 1.66 bits per heavy atom. The van der Waals surface area contributed by atoms with Crippen LogP contribution < -0.4 is 10.6 Å². The number of hydrogen-bond donors (Lipinski definition) is 2. The van der Waals surface area contributed by atoms with E-state index in [0.29, 0.717) is 24.9 Å². The normalized spacial score (nSPS) is 27.1. The lowest BCUT2D eigenvalue weighted by Gasteiger charge is -2.39. The number of methoxy groups -OCH3 is 1. The van der Waals surface area contributed by atoms with Gasteiger partial charge in [0, 0.05) is 25.8 Å². The second kappa shape index (κ2) is 10.7. The molecule has 0 aliphatic carbocycles. The number of hydrazine groups is 1. The highest BCUT2D eigenvalue weighted by molar-refractivity contribution is 7.89. The average Bonchev–Trinajstić information content (AvgIpc) is 3.20. The minimum atomic E-state index is -4.85. The molecule has 3 heterocycles. The van der Waals surface area contributed by atoms with Crippen LogP contribution in [0.2, 0.25) is 0 Å². The maximum atomic E-state index is 13.7. The molecule has 0 aromatic heterocycles. The van der Waals surface area contributed by atoms with E-state index in [0.717, 1.165) is 5.01 Å². The molecule has 4 rings (SSSR count). The molecule has 0 spiro atoms. The number of piperidine rings is 2. The lowest BCUT2D eigenvalue weighted by Crippen LogP contribution is -2.49. The minimum Gasteiger partial charge on any atom is -0.453 e. The van der Waals surface area contributed by atoms with Crippen molar-refractivity contribution in [3.63, 3.8) is 0 Å². The van der Waals surface area contributed by atoms with Gasteiger partial charge in [-0.25, -0.2) is 13.2 Å². The molecular weight excluding hydrogens is 531 g/mol. The van der Waals surface area contributed by atoms with E-state index in [9.17, 15) is 36.1 Å². The van der Waals surface area contributed by atoms with Gasteiger partial charge in [-0.1, -0.05) is 0 Å². The number of ether oxygens (including phenoxy) is 1.